The number of methoxy groups -OCH3 is 1. The Morgan fingerprint density at radius 3 is 2.49 bits per heavy atom. The molecular weight excluding hydrogens is 546 g/mol. The number of esters is 1. The first-order chi connectivity index (χ1) is 19.4. The molecular formula is C29H49N5O6S. The van der Waals surface area contributed by atoms with Gasteiger partial charge in [-0.15, -0.1) is 11.3 Å². The average Bonchev–Trinajstić information content (AvgIpc) is 3.44. The molecule has 0 aromatic carbocycles. The van der Waals surface area contributed by atoms with Crippen LogP contribution in [0.25, 0.3) is 0 Å². The fraction of sp³-hybridized carbons (Fsp3) is 0.759. The molecule has 41 heavy (non-hydrogen) atoms. The molecule has 1 aliphatic heterocycles. The number of amides is 3. The summed E-state index contributed by atoms with van der Waals surface area (Å²) in [5.41, 5.74) is 0.241. The van der Waals surface area contributed by atoms with Crippen molar-refractivity contribution in [1.82, 2.24) is 25.4 Å². The maximum atomic E-state index is 14.3. The molecule has 2 rings (SSSR count). The van der Waals surface area contributed by atoms with Gasteiger partial charge in [0.05, 0.1) is 12.6 Å². The molecule has 0 spiro atoms. The van der Waals surface area contributed by atoms with Crippen molar-refractivity contribution in [2.24, 2.45) is 11.8 Å². The van der Waals surface area contributed by atoms with Crippen molar-refractivity contribution in [3.63, 3.8) is 0 Å². The Morgan fingerprint density at radius 1 is 1.22 bits per heavy atom. The van der Waals surface area contributed by atoms with Crippen LogP contribution in [-0.4, -0.2) is 97.5 Å². The van der Waals surface area contributed by atoms with Gasteiger partial charge >= 0.3 is 5.97 Å². The van der Waals surface area contributed by atoms with Crippen molar-refractivity contribution in [1.29, 1.82) is 0 Å². The van der Waals surface area contributed by atoms with Gasteiger partial charge in [-0.2, -0.15) is 0 Å². The number of likely N-dealkylation sites (N-methyl/N-ethyl adjacent to an activating group) is 1. The summed E-state index contributed by atoms with van der Waals surface area (Å²) in [5.74, 6) is -1.25. The lowest BCUT2D eigenvalue weighted by Gasteiger charge is -2.40. The number of hydrogen-bond donors (Lipinski definition) is 2. The normalized spacial score (nSPS) is 18.7. The molecule has 0 bridgehead atoms. The van der Waals surface area contributed by atoms with Crippen molar-refractivity contribution in [2.75, 3.05) is 40.9 Å². The van der Waals surface area contributed by atoms with Crippen LogP contribution in [0.5, 0.6) is 0 Å². The van der Waals surface area contributed by atoms with Crippen LogP contribution in [0.15, 0.2) is 5.38 Å². The summed E-state index contributed by atoms with van der Waals surface area (Å²) in [4.78, 5) is 60.2. The fourth-order valence-corrected chi connectivity index (χ4v) is 6.03. The number of nitrogens with zero attached hydrogens (tertiary/aromatic N) is 3. The maximum absolute atomic E-state index is 14.3. The first kappa shape index (κ1) is 34.6. The molecule has 11 nitrogen and oxygen atoms in total. The summed E-state index contributed by atoms with van der Waals surface area (Å²) in [7, 11) is 5.06. The lowest BCUT2D eigenvalue weighted by atomic mass is 9.92. The van der Waals surface area contributed by atoms with E-state index in [1.165, 1.54) is 25.3 Å². The third kappa shape index (κ3) is 9.75. The van der Waals surface area contributed by atoms with Gasteiger partial charge in [0, 0.05) is 45.5 Å². The first-order valence-corrected chi connectivity index (χ1v) is 15.5. The SMILES string of the molecule is CC[C@H](C)[C@H](NC(=O)C1CCCCN1C)C(=O)N(CCOC)C(CC(OC(C)=O)c1nc(C(=O)NC)cs1)C(C)C. The van der Waals surface area contributed by atoms with Crippen LogP contribution in [0, 0.1) is 11.8 Å². The molecule has 2 heterocycles. The Bertz CT molecular complexity index is 1020. The highest BCUT2D eigenvalue weighted by atomic mass is 32.1. The van der Waals surface area contributed by atoms with E-state index >= 15 is 0 Å². The Hall–Kier alpha value is -2.57. The molecule has 1 aromatic heterocycles. The fourth-order valence-electron chi connectivity index (χ4n) is 5.19. The van der Waals surface area contributed by atoms with E-state index < -0.39 is 18.1 Å². The van der Waals surface area contributed by atoms with Gasteiger partial charge < -0.3 is 25.0 Å². The number of piperidine rings is 1. The van der Waals surface area contributed by atoms with Gasteiger partial charge in [-0.05, 0) is 38.3 Å². The summed E-state index contributed by atoms with van der Waals surface area (Å²) in [6, 6.07) is -1.34. The zero-order chi connectivity index (χ0) is 30.7. The third-order valence-electron chi connectivity index (χ3n) is 7.86. The van der Waals surface area contributed by atoms with Crippen molar-refractivity contribution in [3.8, 4) is 0 Å². The molecule has 1 saturated heterocycles. The highest BCUT2D eigenvalue weighted by Gasteiger charge is 2.38. The number of rotatable bonds is 15. The molecule has 0 aliphatic carbocycles. The number of carbonyl (C=O) groups excluding carboxylic acids is 4. The first-order valence-electron chi connectivity index (χ1n) is 14.6. The van der Waals surface area contributed by atoms with E-state index in [0.29, 0.717) is 24.6 Å². The minimum absolute atomic E-state index is 0.0231. The summed E-state index contributed by atoms with van der Waals surface area (Å²) >= 11 is 1.24. The van der Waals surface area contributed by atoms with E-state index in [9.17, 15) is 19.2 Å². The highest BCUT2D eigenvalue weighted by molar-refractivity contribution is 7.09. The Labute approximate surface area is 248 Å². The second-order valence-corrected chi connectivity index (χ2v) is 12.1. The number of carbonyl (C=O) groups is 4. The number of ether oxygens (including phenoxy) is 2. The van der Waals surface area contributed by atoms with Crippen LogP contribution in [0.2, 0.25) is 0 Å². The lowest BCUT2D eigenvalue weighted by Crippen LogP contribution is -2.59. The van der Waals surface area contributed by atoms with Crippen LogP contribution >= 0.6 is 11.3 Å². The van der Waals surface area contributed by atoms with E-state index in [-0.39, 0.29) is 53.8 Å². The quantitative estimate of drug-likeness (QED) is 0.296. The highest BCUT2D eigenvalue weighted by Crippen LogP contribution is 2.31. The second-order valence-electron chi connectivity index (χ2n) is 11.2. The molecule has 0 saturated carbocycles. The molecule has 1 fully saturated rings. The number of thiazole rings is 1. The summed E-state index contributed by atoms with van der Waals surface area (Å²) < 4.78 is 11.1. The minimum Gasteiger partial charge on any atom is -0.455 e. The predicted molar refractivity (Wildman–Crippen MR) is 158 cm³/mol. The summed E-state index contributed by atoms with van der Waals surface area (Å²) in [6.07, 6.45) is 3.03. The second kappa shape index (κ2) is 16.8. The average molecular weight is 596 g/mol. The van der Waals surface area contributed by atoms with E-state index in [4.69, 9.17) is 9.47 Å². The molecule has 1 aromatic rings. The van der Waals surface area contributed by atoms with Crippen molar-refractivity contribution >= 4 is 35.0 Å². The third-order valence-corrected chi connectivity index (χ3v) is 8.80. The zero-order valence-corrected chi connectivity index (χ0v) is 26.7. The van der Waals surface area contributed by atoms with Crippen molar-refractivity contribution in [3.05, 3.63) is 16.1 Å². The van der Waals surface area contributed by atoms with Gasteiger partial charge in [0.2, 0.25) is 11.8 Å². The van der Waals surface area contributed by atoms with E-state index in [1.807, 2.05) is 34.7 Å². The van der Waals surface area contributed by atoms with E-state index in [1.54, 1.807) is 17.4 Å². The number of nitrogens with one attached hydrogen (secondary N) is 2. The number of likely N-dealkylation sites (tertiary alicyclic amines) is 1. The number of hydrogen-bond acceptors (Lipinski definition) is 9. The Kier molecular flexibility index (Phi) is 14.2. The van der Waals surface area contributed by atoms with Crippen LogP contribution in [0.3, 0.4) is 0 Å². The van der Waals surface area contributed by atoms with Gasteiger partial charge in [-0.25, -0.2) is 4.98 Å². The molecule has 0 radical (unpaired) electrons. The summed E-state index contributed by atoms with van der Waals surface area (Å²) in [6.45, 7) is 10.8. The lowest BCUT2D eigenvalue weighted by molar-refractivity contribution is -0.150. The largest absolute Gasteiger partial charge is 0.455 e. The van der Waals surface area contributed by atoms with Crippen LogP contribution in [0.4, 0.5) is 0 Å². The topological polar surface area (TPSA) is 130 Å². The molecule has 232 valence electrons. The van der Waals surface area contributed by atoms with Crippen molar-refractivity contribution in [2.45, 2.75) is 91.0 Å². The molecule has 3 amide bonds. The minimum atomic E-state index is -0.756. The maximum Gasteiger partial charge on any atom is 0.303 e. The van der Waals surface area contributed by atoms with Gasteiger partial charge in [-0.1, -0.05) is 40.5 Å². The van der Waals surface area contributed by atoms with Crippen LogP contribution in [0.1, 0.15) is 88.3 Å². The van der Waals surface area contributed by atoms with Crippen LogP contribution < -0.4 is 10.6 Å². The van der Waals surface area contributed by atoms with Gasteiger partial charge in [-0.3, -0.25) is 24.1 Å². The zero-order valence-electron chi connectivity index (χ0n) is 25.9. The van der Waals surface area contributed by atoms with Crippen molar-refractivity contribution < 1.29 is 28.7 Å². The number of aromatic nitrogens is 1. The van der Waals surface area contributed by atoms with Gasteiger partial charge in [0.15, 0.2) is 6.10 Å². The smallest absolute Gasteiger partial charge is 0.303 e. The predicted octanol–water partition coefficient (Wildman–Crippen LogP) is 3.01. The van der Waals surface area contributed by atoms with Gasteiger partial charge in [0.25, 0.3) is 5.91 Å². The molecule has 12 heteroatoms. The Morgan fingerprint density at radius 2 is 1.93 bits per heavy atom. The monoisotopic (exact) mass is 595 g/mol. The molecule has 5 atom stereocenters. The van der Waals surface area contributed by atoms with E-state index in [2.05, 4.69) is 20.5 Å². The standard InChI is InChI=1S/C29H49N5O6S/c1-9-19(4)25(32-27(37)22-12-10-11-13-33(22)7)29(38)34(14-15-39-8)23(18(2)3)16-24(40-20(5)35)28-31-21(17-41-28)26(36)30-6/h17-19,22-25H,9-16H2,1-8H3,(H,30,36)(H,32,37)/t19-,22?,23?,24?,25-/m0/s1. The van der Waals surface area contributed by atoms with Gasteiger partial charge in [0.1, 0.15) is 16.7 Å². The Balaban J connectivity index is 2.41. The molecule has 2 N–H and O–H groups in total. The summed E-state index contributed by atoms with van der Waals surface area (Å²) in [5, 5.41) is 7.77. The van der Waals surface area contributed by atoms with Crippen LogP contribution in [-0.2, 0) is 23.9 Å². The molecule has 3 unspecified atom stereocenters. The van der Waals surface area contributed by atoms with E-state index in [0.717, 1.165) is 25.8 Å². The molecule has 1 aliphatic rings.